The molecule has 1 N–H and O–H groups in total. The molecular formula is C28H21N3O4. The standard InChI is InChI=1S/C28H21N3O4/c1-19-11-13-23(31(33)34)16-26(19)30-28(32)22(17-29)15-25-24-10-6-5-9-21(24)12-14-27(25)35-18-20-7-3-2-4-8-20/h2-16H,18H2,1H3,(H,30,32)/b22-15+. The Hall–Kier alpha value is -4.96. The molecule has 0 aliphatic carbocycles. The predicted molar refractivity (Wildman–Crippen MR) is 135 cm³/mol. The van der Waals surface area contributed by atoms with E-state index in [2.05, 4.69) is 5.32 Å². The topological polar surface area (TPSA) is 105 Å². The number of nitriles is 1. The van der Waals surface area contributed by atoms with Crippen LogP contribution in [0.5, 0.6) is 5.75 Å². The Morgan fingerprint density at radius 2 is 1.80 bits per heavy atom. The summed E-state index contributed by atoms with van der Waals surface area (Å²) in [6.07, 6.45) is 1.49. The van der Waals surface area contributed by atoms with Gasteiger partial charge < -0.3 is 10.1 Å². The number of anilines is 1. The van der Waals surface area contributed by atoms with Gasteiger partial charge in [-0.2, -0.15) is 5.26 Å². The number of hydrogen-bond acceptors (Lipinski definition) is 5. The van der Waals surface area contributed by atoms with Crippen LogP contribution in [0.15, 0.2) is 90.5 Å². The van der Waals surface area contributed by atoms with Crippen molar-refractivity contribution >= 4 is 34.1 Å². The molecule has 0 aliphatic heterocycles. The van der Waals surface area contributed by atoms with Crippen molar-refractivity contribution in [2.45, 2.75) is 13.5 Å². The summed E-state index contributed by atoms with van der Waals surface area (Å²) in [5.74, 6) is -0.141. The number of nitro groups is 1. The van der Waals surface area contributed by atoms with Gasteiger partial charge in [-0.15, -0.1) is 0 Å². The maximum Gasteiger partial charge on any atom is 0.271 e. The molecule has 0 bridgehead atoms. The first kappa shape index (κ1) is 23.2. The molecule has 7 nitrogen and oxygen atoms in total. The number of aryl methyl sites for hydroxylation is 1. The van der Waals surface area contributed by atoms with Crippen LogP contribution in [-0.2, 0) is 11.4 Å². The van der Waals surface area contributed by atoms with E-state index in [1.165, 1.54) is 18.2 Å². The monoisotopic (exact) mass is 463 g/mol. The van der Waals surface area contributed by atoms with Crippen molar-refractivity contribution in [3.63, 3.8) is 0 Å². The van der Waals surface area contributed by atoms with Gasteiger partial charge in [-0.3, -0.25) is 14.9 Å². The highest BCUT2D eigenvalue weighted by Crippen LogP contribution is 2.31. The molecule has 0 saturated heterocycles. The summed E-state index contributed by atoms with van der Waals surface area (Å²) >= 11 is 0. The van der Waals surface area contributed by atoms with Gasteiger partial charge in [0.05, 0.1) is 10.6 Å². The van der Waals surface area contributed by atoms with Gasteiger partial charge in [0, 0.05) is 17.7 Å². The first-order chi connectivity index (χ1) is 17.0. The van der Waals surface area contributed by atoms with Crippen LogP contribution >= 0.6 is 0 Å². The van der Waals surface area contributed by atoms with Gasteiger partial charge in [-0.1, -0.05) is 66.7 Å². The van der Waals surface area contributed by atoms with E-state index in [0.717, 1.165) is 16.3 Å². The number of benzene rings is 4. The molecule has 0 atom stereocenters. The normalized spacial score (nSPS) is 11.0. The fourth-order valence-corrected chi connectivity index (χ4v) is 3.63. The van der Waals surface area contributed by atoms with Gasteiger partial charge in [0.15, 0.2) is 0 Å². The quantitative estimate of drug-likeness (QED) is 0.152. The van der Waals surface area contributed by atoms with Gasteiger partial charge >= 0.3 is 0 Å². The van der Waals surface area contributed by atoms with Crippen molar-refractivity contribution in [1.82, 2.24) is 0 Å². The number of ether oxygens (including phenoxy) is 1. The highest BCUT2D eigenvalue weighted by Gasteiger charge is 2.16. The van der Waals surface area contributed by atoms with Crippen molar-refractivity contribution in [3.05, 3.63) is 117 Å². The maximum absolute atomic E-state index is 13.0. The fraction of sp³-hybridized carbons (Fsp3) is 0.0714. The second-order valence-corrected chi connectivity index (χ2v) is 7.85. The Kier molecular flexibility index (Phi) is 6.84. The van der Waals surface area contributed by atoms with Crippen molar-refractivity contribution in [1.29, 1.82) is 5.26 Å². The average molecular weight is 463 g/mol. The summed E-state index contributed by atoms with van der Waals surface area (Å²) in [6.45, 7) is 2.04. The molecule has 0 aliphatic rings. The highest BCUT2D eigenvalue weighted by molar-refractivity contribution is 6.11. The molecule has 4 aromatic carbocycles. The predicted octanol–water partition coefficient (Wildman–Crippen LogP) is 6.18. The Labute approximate surface area is 202 Å². The van der Waals surface area contributed by atoms with Crippen molar-refractivity contribution < 1.29 is 14.5 Å². The molecule has 4 aromatic rings. The van der Waals surface area contributed by atoms with Crippen LogP contribution in [0.4, 0.5) is 11.4 Å². The summed E-state index contributed by atoms with van der Waals surface area (Å²) in [7, 11) is 0. The van der Waals surface area contributed by atoms with E-state index < -0.39 is 10.8 Å². The molecule has 0 unspecified atom stereocenters. The maximum atomic E-state index is 13.0. The summed E-state index contributed by atoms with van der Waals surface area (Å²) in [4.78, 5) is 23.6. The lowest BCUT2D eigenvalue weighted by Gasteiger charge is -2.13. The molecule has 4 rings (SSSR count). The third-order valence-corrected chi connectivity index (χ3v) is 5.50. The number of nitrogens with one attached hydrogen (secondary N) is 1. The molecule has 1 amide bonds. The number of nitro benzene ring substituents is 1. The lowest BCUT2D eigenvalue weighted by atomic mass is 10.0. The van der Waals surface area contributed by atoms with Crippen molar-refractivity contribution in [3.8, 4) is 11.8 Å². The minimum absolute atomic E-state index is 0.154. The van der Waals surface area contributed by atoms with E-state index in [1.54, 1.807) is 13.0 Å². The molecule has 7 heteroatoms. The Bertz CT molecular complexity index is 1490. The van der Waals surface area contributed by atoms with Gasteiger partial charge in [0.1, 0.15) is 24.0 Å². The molecule has 172 valence electrons. The van der Waals surface area contributed by atoms with Crippen LogP contribution in [0.1, 0.15) is 16.7 Å². The second-order valence-electron chi connectivity index (χ2n) is 7.85. The van der Waals surface area contributed by atoms with E-state index in [1.807, 2.05) is 72.8 Å². The zero-order chi connectivity index (χ0) is 24.8. The number of nitrogens with zero attached hydrogens (tertiary/aromatic N) is 2. The minimum Gasteiger partial charge on any atom is -0.488 e. The lowest BCUT2D eigenvalue weighted by molar-refractivity contribution is -0.384. The summed E-state index contributed by atoms with van der Waals surface area (Å²) in [5, 5.41) is 25.3. The molecule has 0 radical (unpaired) electrons. The van der Waals surface area contributed by atoms with E-state index in [-0.39, 0.29) is 16.9 Å². The van der Waals surface area contributed by atoms with Crippen LogP contribution in [0.3, 0.4) is 0 Å². The Morgan fingerprint density at radius 3 is 2.54 bits per heavy atom. The van der Waals surface area contributed by atoms with E-state index in [0.29, 0.717) is 23.5 Å². The van der Waals surface area contributed by atoms with E-state index in [4.69, 9.17) is 4.74 Å². The number of fused-ring (bicyclic) bond motifs is 1. The van der Waals surface area contributed by atoms with Crippen molar-refractivity contribution in [2.75, 3.05) is 5.32 Å². The third-order valence-electron chi connectivity index (χ3n) is 5.50. The minimum atomic E-state index is -0.668. The molecular weight excluding hydrogens is 442 g/mol. The molecule has 0 aromatic heterocycles. The summed E-state index contributed by atoms with van der Waals surface area (Å²) in [5.41, 5.74) is 2.18. The van der Waals surface area contributed by atoms with Crippen LogP contribution < -0.4 is 10.1 Å². The van der Waals surface area contributed by atoms with Crippen LogP contribution in [0.25, 0.3) is 16.8 Å². The zero-order valence-electron chi connectivity index (χ0n) is 18.9. The van der Waals surface area contributed by atoms with Crippen molar-refractivity contribution in [2.24, 2.45) is 0 Å². The van der Waals surface area contributed by atoms with Gasteiger partial charge in [-0.25, -0.2) is 0 Å². The lowest BCUT2D eigenvalue weighted by Crippen LogP contribution is -2.14. The second kappa shape index (κ2) is 10.3. The number of hydrogen-bond donors (Lipinski definition) is 1. The number of carbonyl (C=O) groups excluding carboxylic acids is 1. The zero-order valence-corrected chi connectivity index (χ0v) is 18.9. The first-order valence-corrected chi connectivity index (χ1v) is 10.8. The molecule has 0 fully saturated rings. The van der Waals surface area contributed by atoms with Gasteiger partial charge in [-0.05, 0) is 41.0 Å². The summed E-state index contributed by atoms with van der Waals surface area (Å²) < 4.78 is 6.08. The molecule has 0 saturated carbocycles. The molecule has 0 heterocycles. The number of non-ortho nitro benzene ring substituents is 1. The third kappa shape index (κ3) is 5.34. The molecule has 0 spiro atoms. The largest absolute Gasteiger partial charge is 0.488 e. The number of carbonyl (C=O) groups is 1. The molecule has 35 heavy (non-hydrogen) atoms. The first-order valence-electron chi connectivity index (χ1n) is 10.8. The fourth-order valence-electron chi connectivity index (χ4n) is 3.63. The van der Waals surface area contributed by atoms with E-state index >= 15 is 0 Å². The Morgan fingerprint density at radius 1 is 1.06 bits per heavy atom. The smallest absolute Gasteiger partial charge is 0.271 e. The van der Waals surface area contributed by atoms with E-state index in [9.17, 15) is 20.2 Å². The Balaban J connectivity index is 1.71. The number of rotatable bonds is 7. The van der Waals surface area contributed by atoms with Gasteiger partial charge in [0.2, 0.25) is 0 Å². The van der Waals surface area contributed by atoms with Crippen LogP contribution in [-0.4, -0.2) is 10.8 Å². The van der Waals surface area contributed by atoms with Gasteiger partial charge in [0.25, 0.3) is 11.6 Å². The summed E-state index contributed by atoms with van der Waals surface area (Å²) in [6, 6.07) is 27.2. The van der Waals surface area contributed by atoms with Crippen LogP contribution in [0.2, 0.25) is 0 Å². The number of amides is 1. The average Bonchev–Trinajstić information content (AvgIpc) is 2.88. The SMILES string of the molecule is Cc1ccc([N+](=O)[O-])cc1NC(=O)/C(C#N)=C/c1c(OCc2ccccc2)ccc2ccccc12. The highest BCUT2D eigenvalue weighted by atomic mass is 16.6. The van der Waals surface area contributed by atoms with Crippen LogP contribution in [0, 0.1) is 28.4 Å².